The Kier molecular flexibility index (Phi) is 5.99. The lowest BCUT2D eigenvalue weighted by molar-refractivity contribution is -0.128. The first-order valence-corrected chi connectivity index (χ1v) is 9.79. The van der Waals surface area contributed by atoms with Crippen LogP contribution in [0.5, 0.6) is 0 Å². The van der Waals surface area contributed by atoms with Gasteiger partial charge in [0.05, 0.1) is 0 Å². The van der Waals surface area contributed by atoms with Crippen LogP contribution in [0.3, 0.4) is 0 Å². The first kappa shape index (κ1) is 20.3. The smallest absolute Gasteiger partial charge is 0.221 e. The molecule has 0 bridgehead atoms. The van der Waals surface area contributed by atoms with Gasteiger partial charge in [-0.05, 0) is 55.2 Å². The normalized spacial score (nSPS) is 19.1. The summed E-state index contributed by atoms with van der Waals surface area (Å²) < 4.78 is 0. The molecule has 1 aliphatic rings. The second-order valence-electron chi connectivity index (χ2n) is 7.62. The molecule has 4 nitrogen and oxygen atoms in total. The van der Waals surface area contributed by atoms with Crippen LogP contribution in [-0.4, -0.2) is 17.5 Å². The van der Waals surface area contributed by atoms with Crippen LogP contribution in [0.4, 0.5) is 0 Å². The Bertz CT molecular complexity index is 910. The molecule has 0 heterocycles. The van der Waals surface area contributed by atoms with E-state index < -0.39 is 11.8 Å². The number of aryl methyl sites for hydroxylation is 3. The SMILES string of the molecule is Cc1cc(C)c(C2C(=O)CC(CC(=O)NCc3ccc(Cl)cc3)C2=O)c(C)c1. The number of rotatable bonds is 5. The van der Waals surface area contributed by atoms with Crippen molar-refractivity contribution in [1.29, 1.82) is 0 Å². The van der Waals surface area contributed by atoms with Crippen molar-refractivity contribution in [2.24, 2.45) is 5.92 Å². The van der Waals surface area contributed by atoms with Crippen LogP contribution in [0.25, 0.3) is 0 Å². The Morgan fingerprint density at radius 2 is 1.68 bits per heavy atom. The predicted octanol–water partition coefficient (Wildman–Crippen LogP) is 4.21. The molecule has 146 valence electrons. The van der Waals surface area contributed by atoms with Gasteiger partial charge in [0, 0.05) is 30.3 Å². The van der Waals surface area contributed by atoms with Gasteiger partial charge in [-0.1, -0.05) is 41.4 Å². The summed E-state index contributed by atoms with van der Waals surface area (Å²) in [6, 6.07) is 11.2. The fourth-order valence-electron chi connectivity index (χ4n) is 4.08. The van der Waals surface area contributed by atoms with Crippen molar-refractivity contribution < 1.29 is 14.4 Å². The molecule has 1 amide bonds. The lowest BCUT2D eigenvalue weighted by Crippen LogP contribution is -2.27. The number of Topliss-reactive ketones (excluding diaryl/α,β-unsaturated/α-hetero) is 2. The van der Waals surface area contributed by atoms with E-state index >= 15 is 0 Å². The van der Waals surface area contributed by atoms with E-state index in [0.29, 0.717) is 11.6 Å². The summed E-state index contributed by atoms with van der Waals surface area (Å²) in [5.41, 5.74) is 4.75. The third-order valence-electron chi connectivity index (χ3n) is 5.32. The highest BCUT2D eigenvalue weighted by Gasteiger charge is 2.43. The summed E-state index contributed by atoms with van der Waals surface area (Å²) in [6.07, 6.45) is 0.170. The Morgan fingerprint density at radius 1 is 1.07 bits per heavy atom. The lowest BCUT2D eigenvalue weighted by atomic mass is 9.86. The first-order chi connectivity index (χ1) is 13.3. The van der Waals surface area contributed by atoms with E-state index in [2.05, 4.69) is 5.32 Å². The number of amides is 1. The quantitative estimate of drug-likeness (QED) is 0.768. The Morgan fingerprint density at radius 3 is 2.29 bits per heavy atom. The lowest BCUT2D eigenvalue weighted by Gasteiger charge is -2.16. The number of carbonyl (C=O) groups is 3. The van der Waals surface area contributed by atoms with Crippen LogP contribution in [-0.2, 0) is 20.9 Å². The number of hydrogen-bond acceptors (Lipinski definition) is 3. The zero-order valence-corrected chi connectivity index (χ0v) is 17.1. The van der Waals surface area contributed by atoms with Crippen LogP contribution >= 0.6 is 11.6 Å². The van der Waals surface area contributed by atoms with Gasteiger partial charge in [-0.15, -0.1) is 0 Å². The fourth-order valence-corrected chi connectivity index (χ4v) is 4.20. The van der Waals surface area contributed by atoms with E-state index in [1.807, 2.05) is 45.0 Å². The van der Waals surface area contributed by atoms with Gasteiger partial charge in [-0.25, -0.2) is 0 Å². The molecule has 3 rings (SSSR count). The number of carbonyl (C=O) groups excluding carboxylic acids is 3. The molecule has 1 saturated carbocycles. The van der Waals surface area contributed by atoms with Crippen molar-refractivity contribution in [2.45, 2.75) is 46.1 Å². The highest BCUT2D eigenvalue weighted by atomic mass is 35.5. The Balaban J connectivity index is 1.66. The summed E-state index contributed by atoms with van der Waals surface area (Å²) in [7, 11) is 0. The molecule has 0 spiro atoms. The number of nitrogens with one attached hydrogen (secondary N) is 1. The number of ketones is 2. The summed E-state index contributed by atoms with van der Waals surface area (Å²) >= 11 is 5.86. The van der Waals surface area contributed by atoms with Gasteiger partial charge in [0.25, 0.3) is 0 Å². The fraction of sp³-hybridized carbons (Fsp3) is 0.348. The van der Waals surface area contributed by atoms with E-state index in [-0.39, 0.29) is 30.3 Å². The van der Waals surface area contributed by atoms with Gasteiger partial charge >= 0.3 is 0 Å². The topological polar surface area (TPSA) is 63.2 Å². The molecule has 1 fully saturated rings. The maximum atomic E-state index is 12.9. The van der Waals surface area contributed by atoms with Crippen LogP contribution in [0.2, 0.25) is 5.02 Å². The third-order valence-corrected chi connectivity index (χ3v) is 5.57. The summed E-state index contributed by atoms with van der Waals surface area (Å²) in [5, 5.41) is 3.46. The molecule has 0 aliphatic heterocycles. The van der Waals surface area contributed by atoms with E-state index in [0.717, 1.165) is 27.8 Å². The molecule has 2 atom stereocenters. The maximum absolute atomic E-state index is 12.9. The summed E-state index contributed by atoms with van der Waals surface area (Å²) in [4.78, 5) is 37.9. The minimum Gasteiger partial charge on any atom is -0.352 e. The van der Waals surface area contributed by atoms with Gasteiger partial charge in [-0.2, -0.15) is 0 Å². The molecule has 2 aromatic rings. The zero-order chi connectivity index (χ0) is 20.4. The van der Waals surface area contributed by atoms with Crippen LogP contribution in [0.15, 0.2) is 36.4 Å². The number of hydrogen-bond donors (Lipinski definition) is 1. The van der Waals surface area contributed by atoms with Gasteiger partial charge < -0.3 is 5.32 Å². The van der Waals surface area contributed by atoms with Gasteiger partial charge in [0.1, 0.15) is 11.7 Å². The van der Waals surface area contributed by atoms with Gasteiger partial charge in [0.15, 0.2) is 5.78 Å². The van der Waals surface area contributed by atoms with E-state index in [1.54, 1.807) is 12.1 Å². The van der Waals surface area contributed by atoms with E-state index in [4.69, 9.17) is 11.6 Å². The maximum Gasteiger partial charge on any atom is 0.221 e. The zero-order valence-electron chi connectivity index (χ0n) is 16.3. The molecule has 2 aromatic carbocycles. The second kappa shape index (κ2) is 8.27. The molecule has 0 saturated heterocycles. The third kappa shape index (κ3) is 4.33. The van der Waals surface area contributed by atoms with Gasteiger partial charge in [-0.3, -0.25) is 14.4 Å². The first-order valence-electron chi connectivity index (χ1n) is 9.41. The number of halogens is 1. The average Bonchev–Trinajstić information content (AvgIpc) is 2.88. The minimum atomic E-state index is -0.741. The molecular formula is C23H24ClNO3. The van der Waals surface area contributed by atoms with Crippen molar-refractivity contribution in [3.63, 3.8) is 0 Å². The molecule has 1 N–H and O–H groups in total. The molecule has 28 heavy (non-hydrogen) atoms. The Hall–Kier alpha value is -2.46. The predicted molar refractivity (Wildman–Crippen MR) is 109 cm³/mol. The van der Waals surface area contributed by atoms with Gasteiger partial charge in [0.2, 0.25) is 5.91 Å². The average molecular weight is 398 g/mol. The van der Waals surface area contributed by atoms with Crippen molar-refractivity contribution in [2.75, 3.05) is 0 Å². The highest BCUT2D eigenvalue weighted by Crippen LogP contribution is 2.37. The van der Waals surface area contributed by atoms with Crippen molar-refractivity contribution in [3.8, 4) is 0 Å². The molecular weight excluding hydrogens is 374 g/mol. The van der Waals surface area contributed by atoms with Crippen molar-refractivity contribution >= 4 is 29.1 Å². The van der Waals surface area contributed by atoms with Crippen molar-refractivity contribution in [3.05, 3.63) is 69.2 Å². The monoisotopic (exact) mass is 397 g/mol. The van der Waals surface area contributed by atoms with E-state index in [9.17, 15) is 14.4 Å². The van der Waals surface area contributed by atoms with E-state index in [1.165, 1.54) is 0 Å². The van der Waals surface area contributed by atoms with Crippen molar-refractivity contribution in [1.82, 2.24) is 5.32 Å². The summed E-state index contributed by atoms with van der Waals surface area (Å²) in [5.74, 6) is -1.74. The molecule has 0 aromatic heterocycles. The number of benzene rings is 2. The highest BCUT2D eigenvalue weighted by molar-refractivity contribution is 6.30. The molecule has 5 heteroatoms. The molecule has 0 radical (unpaired) electrons. The second-order valence-corrected chi connectivity index (χ2v) is 8.06. The van der Waals surface area contributed by atoms with Crippen LogP contribution in [0, 0.1) is 26.7 Å². The standard InChI is InChI=1S/C23H24ClNO3/c1-13-8-14(2)21(15(3)9-13)22-19(26)10-17(23(22)28)11-20(27)25-12-16-4-6-18(24)7-5-16/h4-9,17,22H,10-12H2,1-3H3,(H,25,27). The summed E-state index contributed by atoms with van der Waals surface area (Å²) in [6.45, 7) is 6.23. The van der Waals surface area contributed by atoms with Crippen LogP contribution in [0.1, 0.15) is 46.6 Å². The molecule has 1 aliphatic carbocycles. The van der Waals surface area contributed by atoms with Crippen LogP contribution < -0.4 is 5.32 Å². The Labute approximate surface area is 170 Å². The minimum absolute atomic E-state index is 0.0403. The molecule has 2 unspecified atom stereocenters. The largest absolute Gasteiger partial charge is 0.352 e.